The third-order valence-electron chi connectivity index (χ3n) is 1.24. The maximum absolute atomic E-state index is 10.6. The summed E-state index contributed by atoms with van der Waals surface area (Å²) >= 11 is 0. The summed E-state index contributed by atoms with van der Waals surface area (Å²) in [6.07, 6.45) is 0. The monoisotopic (exact) mass is 165 g/mol. The van der Waals surface area contributed by atoms with Crippen molar-refractivity contribution in [3.05, 3.63) is 24.3 Å². The van der Waals surface area contributed by atoms with Gasteiger partial charge in [0.25, 0.3) is 0 Å². The summed E-state index contributed by atoms with van der Waals surface area (Å²) in [6, 6.07) is 7.85. The highest BCUT2D eigenvalue weighted by molar-refractivity contribution is 5.70. The number of hydrogen-bond donors (Lipinski definition) is 0. The number of ether oxygens (including phenoxy) is 2. The molecule has 0 atom stereocenters. The standard InChI is InChI=1S/C9H9O3/c1-7(10)12-9-6-4-3-5-8(9)11-2/h3-4,6H,1-2H3. The van der Waals surface area contributed by atoms with E-state index in [9.17, 15) is 4.79 Å². The molecule has 12 heavy (non-hydrogen) atoms. The van der Waals surface area contributed by atoms with Gasteiger partial charge in [-0.1, -0.05) is 12.1 Å². The smallest absolute Gasteiger partial charge is 0.308 e. The summed E-state index contributed by atoms with van der Waals surface area (Å²) in [4.78, 5) is 10.6. The average molecular weight is 165 g/mol. The summed E-state index contributed by atoms with van der Waals surface area (Å²) < 4.78 is 9.75. The van der Waals surface area contributed by atoms with E-state index >= 15 is 0 Å². The Balaban J connectivity index is 2.89. The van der Waals surface area contributed by atoms with Crippen molar-refractivity contribution in [1.29, 1.82) is 0 Å². The van der Waals surface area contributed by atoms with Crippen molar-refractivity contribution < 1.29 is 14.3 Å². The Morgan fingerprint density at radius 1 is 1.58 bits per heavy atom. The fraction of sp³-hybridized carbons (Fsp3) is 0.222. The van der Waals surface area contributed by atoms with Gasteiger partial charge in [-0.15, -0.1) is 0 Å². The molecule has 0 spiro atoms. The lowest BCUT2D eigenvalue weighted by Crippen LogP contribution is -2.02. The van der Waals surface area contributed by atoms with Crippen molar-refractivity contribution in [2.45, 2.75) is 6.92 Å². The third-order valence-corrected chi connectivity index (χ3v) is 1.24. The lowest BCUT2D eigenvalue weighted by atomic mass is 10.3. The molecule has 3 heteroatoms. The molecule has 0 aromatic heterocycles. The second-order valence-electron chi connectivity index (χ2n) is 2.16. The van der Waals surface area contributed by atoms with Crippen molar-refractivity contribution in [3.8, 4) is 11.5 Å². The molecular weight excluding hydrogens is 156 g/mol. The van der Waals surface area contributed by atoms with Crippen LogP contribution in [0.2, 0.25) is 0 Å². The van der Waals surface area contributed by atoms with Gasteiger partial charge in [0, 0.05) is 13.0 Å². The van der Waals surface area contributed by atoms with Gasteiger partial charge >= 0.3 is 5.97 Å². The molecule has 0 heterocycles. The number of rotatable bonds is 2. The van der Waals surface area contributed by atoms with Crippen LogP contribution >= 0.6 is 0 Å². The molecule has 0 saturated carbocycles. The van der Waals surface area contributed by atoms with Gasteiger partial charge in [-0.25, -0.2) is 0 Å². The van der Waals surface area contributed by atoms with Crippen molar-refractivity contribution >= 4 is 5.97 Å². The third kappa shape index (κ3) is 1.99. The Morgan fingerprint density at radius 3 is 2.92 bits per heavy atom. The van der Waals surface area contributed by atoms with E-state index in [1.165, 1.54) is 14.0 Å². The molecule has 0 N–H and O–H groups in total. The highest BCUT2D eigenvalue weighted by Crippen LogP contribution is 2.24. The fourth-order valence-corrected chi connectivity index (χ4v) is 0.801. The van der Waals surface area contributed by atoms with Gasteiger partial charge in [0.05, 0.1) is 7.11 Å². The molecule has 1 aromatic rings. The first kappa shape index (κ1) is 8.59. The second kappa shape index (κ2) is 3.76. The van der Waals surface area contributed by atoms with E-state index in [0.717, 1.165) is 0 Å². The predicted octanol–water partition coefficient (Wildman–Crippen LogP) is 1.42. The number of carbonyl (C=O) groups excluding carboxylic acids is 1. The van der Waals surface area contributed by atoms with Crippen LogP contribution in [0.1, 0.15) is 6.92 Å². The van der Waals surface area contributed by atoms with Gasteiger partial charge in [-0.3, -0.25) is 4.79 Å². The number of hydrogen-bond acceptors (Lipinski definition) is 3. The summed E-state index contributed by atoms with van der Waals surface area (Å²) in [5.74, 6) is 0.466. The molecule has 1 radical (unpaired) electrons. The zero-order valence-corrected chi connectivity index (χ0v) is 6.96. The molecule has 0 fully saturated rings. The summed E-state index contributed by atoms with van der Waals surface area (Å²) in [6.45, 7) is 1.34. The number of esters is 1. The van der Waals surface area contributed by atoms with E-state index in [1.807, 2.05) is 0 Å². The van der Waals surface area contributed by atoms with Crippen LogP contribution < -0.4 is 9.47 Å². The molecular formula is C9H9O3. The zero-order valence-electron chi connectivity index (χ0n) is 6.96. The van der Waals surface area contributed by atoms with Gasteiger partial charge in [0.15, 0.2) is 11.5 Å². The van der Waals surface area contributed by atoms with Crippen molar-refractivity contribution in [1.82, 2.24) is 0 Å². The molecule has 1 aromatic carbocycles. The van der Waals surface area contributed by atoms with E-state index in [4.69, 9.17) is 9.47 Å². The van der Waals surface area contributed by atoms with Gasteiger partial charge in [-0.2, -0.15) is 0 Å². The van der Waals surface area contributed by atoms with E-state index in [1.54, 1.807) is 18.2 Å². The minimum atomic E-state index is -0.368. The second-order valence-corrected chi connectivity index (χ2v) is 2.16. The Morgan fingerprint density at radius 2 is 2.33 bits per heavy atom. The van der Waals surface area contributed by atoms with E-state index in [0.29, 0.717) is 11.5 Å². The number of carbonyl (C=O) groups is 1. The number of benzene rings is 1. The highest BCUT2D eigenvalue weighted by Gasteiger charge is 2.04. The SMILES string of the molecule is COc1[c]cccc1OC(C)=O. The largest absolute Gasteiger partial charge is 0.492 e. The minimum Gasteiger partial charge on any atom is -0.492 e. The topological polar surface area (TPSA) is 35.5 Å². The molecule has 1 rings (SSSR count). The van der Waals surface area contributed by atoms with Gasteiger partial charge in [-0.05, 0) is 6.07 Å². The van der Waals surface area contributed by atoms with E-state index in [-0.39, 0.29) is 5.97 Å². The van der Waals surface area contributed by atoms with Crippen LogP contribution in [-0.4, -0.2) is 13.1 Å². The van der Waals surface area contributed by atoms with E-state index in [2.05, 4.69) is 6.07 Å². The predicted molar refractivity (Wildman–Crippen MR) is 43.1 cm³/mol. The summed E-state index contributed by atoms with van der Waals surface area (Å²) in [7, 11) is 1.50. The van der Waals surface area contributed by atoms with Crippen LogP contribution in [-0.2, 0) is 4.79 Å². The van der Waals surface area contributed by atoms with Crippen molar-refractivity contribution in [3.63, 3.8) is 0 Å². The van der Waals surface area contributed by atoms with Gasteiger partial charge in [0.1, 0.15) is 0 Å². The quantitative estimate of drug-likeness (QED) is 0.491. The van der Waals surface area contributed by atoms with Crippen LogP contribution in [0.25, 0.3) is 0 Å². The van der Waals surface area contributed by atoms with Crippen molar-refractivity contribution in [2.75, 3.05) is 7.11 Å². The molecule has 63 valence electrons. The average Bonchev–Trinajstić information content (AvgIpc) is 2.04. The normalized spacial score (nSPS) is 9.17. The van der Waals surface area contributed by atoms with Crippen LogP contribution in [0.3, 0.4) is 0 Å². The Bertz CT molecular complexity index is 281. The Kier molecular flexibility index (Phi) is 2.69. The van der Waals surface area contributed by atoms with Crippen LogP contribution in [0, 0.1) is 6.07 Å². The molecule has 0 bridgehead atoms. The van der Waals surface area contributed by atoms with Gasteiger partial charge in [0.2, 0.25) is 0 Å². The summed E-state index contributed by atoms with van der Waals surface area (Å²) in [5, 5.41) is 0. The fourth-order valence-electron chi connectivity index (χ4n) is 0.801. The molecule has 0 saturated heterocycles. The zero-order chi connectivity index (χ0) is 8.97. The first-order valence-electron chi connectivity index (χ1n) is 3.47. The molecule has 3 nitrogen and oxygen atoms in total. The van der Waals surface area contributed by atoms with Crippen LogP contribution in [0.15, 0.2) is 18.2 Å². The van der Waals surface area contributed by atoms with Crippen molar-refractivity contribution in [2.24, 2.45) is 0 Å². The molecule has 0 aliphatic heterocycles. The van der Waals surface area contributed by atoms with Gasteiger partial charge < -0.3 is 9.47 Å². The lowest BCUT2D eigenvalue weighted by Gasteiger charge is -2.05. The molecule has 0 unspecified atom stereocenters. The van der Waals surface area contributed by atoms with Crippen LogP contribution in [0.4, 0.5) is 0 Å². The molecule has 0 aliphatic rings. The summed E-state index contributed by atoms with van der Waals surface area (Å²) in [5.41, 5.74) is 0. The minimum absolute atomic E-state index is 0.368. The highest BCUT2D eigenvalue weighted by atomic mass is 16.6. The maximum Gasteiger partial charge on any atom is 0.308 e. The number of methoxy groups -OCH3 is 1. The Hall–Kier alpha value is -1.51. The number of para-hydroxylation sites is 1. The lowest BCUT2D eigenvalue weighted by molar-refractivity contribution is -0.132. The first-order chi connectivity index (χ1) is 5.74. The maximum atomic E-state index is 10.6. The first-order valence-corrected chi connectivity index (χ1v) is 3.47. The molecule has 0 aliphatic carbocycles. The Labute approximate surface area is 70.9 Å². The van der Waals surface area contributed by atoms with E-state index < -0.39 is 0 Å². The van der Waals surface area contributed by atoms with Crippen LogP contribution in [0.5, 0.6) is 11.5 Å². The molecule has 0 amide bonds.